The molecule has 0 bridgehead atoms. The molecule has 7 heteroatoms. The summed E-state index contributed by atoms with van der Waals surface area (Å²) in [7, 11) is 0. The summed E-state index contributed by atoms with van der Waals surface area (Å²) >= 11 is 5.97. The summed E-state index contributed by atoms with van der Waals surface area (Å²) in [5.74, 6) is 0.944. The summed E-state index contributed by atoms with van der Waals surface area (Å²) in [5.41, 5.74) is 2.16. The Hall–Kier alpha value is -3.12. The Labute approximate surface area is 148 Å². The van der Waals surface area contributed by atoms with Crippen LogP contribution in [0, 0.1) is 0 Å². The first-order valence-electron chi connectivity index (χ1n) is 7.72. The molecule has 4 aromatic rings. The molecule has 4 rings (SSSR count). The average molecular weight is 352 g/mol. The number of benzene rings is 2. The maximum absolute atomic E-state index is 12.3. The van der Waals surface area contributed by atoms with Crippen molar-refractivity contribution in [3.05, 3.63) is 81.7 Å². The van der Waals surface area contributed by atoms with Crippen molar-refractivity contribution in [1.82, 2.24) is 19.6 Å². The van der Waals surface area contributed by atoms with E-state index < -0.39 is 0 Å². The van der Waals surface area contributed by atoms with E-state index in [2.05, 4.69) is 20.4 Å². The average Bonchev–Trinajstić information content (AvgIpc) is 3.06. The van der Waals surface area contributed by atoms with Crippen molar-refractivity contribution in [2.24, 2.45) is 0 Å². The highest BCUT2D eigenvalue weighted by atomic mass is 35.5. The molecule has 2 aromatic carbocycles. The number of H-pyrrole nitrogens is 1. The minimum atomic E-state index is -0.206. The van der Waals surface area contributed by atoms with E-state index in [1.807, 2.05) is 48.5 Å². The molecule has 124 valence electrons. The summed E-state index contributed by atoms with van der Waals surface area (Å²) in [6.45, 7) is 0.402. The molecule has 0 aliphatic heterocycles. The smallest absolute Gasteiger partial charge is 0.274 e. The van der Waals surface area contributed by atoms with Gasteiger partial charge in [0, 0.05) is 22.3 Å². The maximum Gasteiger partial charge on any atom is 0.274 e. The van der Waals surface area contributed by atoms with Gasteiger partial charge in [-0.15, -0.1) is 0 Å². The van der Waals surface area contributed by atoms with Crippen molar-refractivity contribution < 1.29 is 0 Å². The standard InChI is InChI=1S/C18H14ClN5O/c19-13-7-4-8-14(9-13)20-11-15-10-16(25)24-18(21-15)22-17(23-24)12-5-2-1-3-6-12/h1-10,20H,11H2,(H,21,22,23). The monoisotopic (exact) mass is 351 g/mol. The Morgan fingerprint density at radius 2 is 1.88 bits per heavy atom. The summed E-state index contributed by atoms with van der Waals surface area (Å²) < 4.78 is 1.34. The Balaban J connectivity index is 1.64. The molecule has 0 fully saturated rings. The van der Waals surface area contributed by atoms with E-state index >= 15 is 0 Å². The van der Waals surface area contributed by atoms with E-state index in [-0.39, 0.29) is 5.56 Å². The van der Waals surface area contributed by atoms with Gasteiger partial charge in [0.2, 0.25) is 0 Å². The number of nitrogens with zero attached hydrogens (tertiary/aromatic N) is 3. The van der Waals surface area contributed by atoms with Crippen molar-refractivity contribution in [3.8, 4) is 11.4 Å². The molecule has 0 atom stereocenters. The number of fused-ring (bicyclic) bond motifs is 1. The van der Waals surface area contributed by atoms with Crippen LogP contribution < -0.4 is 10.9 Å². The van der Waals surface area contributed by atoms with Gasteiger partial charge in [0.1, 0.15) is 0 Å². The molecule has 2 heterocycles. The van der Waals surface area contributed by atoms with Crippen molar-refractivity contribution in [2.75, 3.05) is 5.32 Å². The number of anilines is 1. The number of hydrogen-bond acceptors (Lipinski definition) is 4. The lowest BCUT2D eigenvalue weighted by Crippen LogP contribution is -2.17. The van der Waals surface area contributed by atoms with E-state index in [1.165, 1.54) is 10.6 Å². The molecule has 0 aliphatic rings. The van der Waals surface area contributed by atoms with Crippen LogP contribution in [-0.2, 0) is 6.54 Å². The summed E-state index contributed by atoms with van der Waals surface area (Å²) in [6.07, 6.45) is 0. The fraction of sp³-hybridized carbons (Fsp3) is 0.0556. The van der Waals surface area contributed by atoms with Gasteiger partial charge in [0.15, 0.2) is 5.82 Å². The van der Waals surface area contributed by atoms with E-state index in [4.69, 9.17) is 11.6 Å². The van der Waals surface area contributed by atoms with Gasteiger partial charge in [-0.1, -0.05) is 48.0 Å². The van der Waals surface area contributed by atoms with Crippen LogP contribution in [0.15, 0.2) is 65.5 Å². The van der Waals surface area contributed by atoms with Crippen molar-refractivity contribution in [1.29, 1.82) is 0 Å². The van der Waals surface area contributed by atoms with Crippen LogP contribution in [0.4, 0.5) is 5.69 Å². The van der Waals surface area contributed by atoms with Crippen molar-refractivity contribution in [2.45, 2.75) is 6.54 Å². The lowest BCUT2D eigenvalue weighted by Gasteiger charge is -2.05. The third-order valence-electron chi connectivity index (χ3n) is 3.73. The lowest BCUT2D eigenvalue weighted by atomic mass is 10.2. The fourth-order valence-corrected chi connectivity index (χ4v) is 2.72. The zero-order valence-electron chi connectivity index (χ0n) is 13.1. The number of aromatic amines is 1. The molecule has 25 heavy (non-hydrogen) atoms. The number of nitrogens with one attached hydrogen (secondary N) is 2. The lowest BCUT2D eigenvalue weighted by molar-refractivity contribution is 0.879. The zero-order chi connectivity index (χ0) is 17.2. The molecule has 2 aromatic heterocycles. The third kappa shape index (κ3) is 3.25. The van der Waals surface area contributed by atoms with Crippen LogP contribution in [0.1, 0.15) is 5.69 Å². The normalized spacial score (nSPS) is 10.9. The van der Waals surface area contributed by atoms with E-state index in [0.717, 1.165) is 11.3 Å². The van der Waals surface area contributed by atoms with Crippen LogP contribution in [0.2, 0.25) is 5.02 Å². The molecular weight excluding hydrogens is 338 g/mol. The highest BCUT2D eigenvalue weighted by molar-refractivity contribution is 6.30. The van der Waals surface area contributed by atoms with Crippen LogP contribution in [-0.4, -0.2) is 19.6 Å². The highest BCUT2D eigenvalue weighted by Crippen LogP contribution is 2.16. The van der Waals surface area contributed by atoms with Gasteiger partial charge in [-0.3, -0.25) is 9.89 Å². The molecule has 0 saturated carbocycles. The molecule has 6 nitrogen and oxygen atoms in total. The van der Waals surface area contributed by atoms with Gasteiger partial charge in [-0.05, 0) is 18.2 Å². The molecule has 0 radical (unpaired) electrons. The van der Waals surface area contributed by atoms with Crippen LogP contribution in [0.3, 0.4) is 0 Å². The molecule has 0 aliphatic carbocycles. The number of hydrogen-bond donors (Lipinski definition) is 2. The largest absolute Gasteiger partial charge is 0.379 e. The first kappa shape index (κ1) is 15.4. The SMILES string of the molecule is O=c1cc(CNc2cccc(Cl)c2)nc2nc(-c3ccccc3)[nH]n12. The van der Waals surface area contributed by atoms with Crippen LogP contribution >= 0.6 is 11.6 Å². The topological polar surface area (TPSA) is 75.1 Å². The van der Waals surface area contributed by atoms with Gasteiger partial charge in [0.05, 0.1) is 12.2 Å². The number of aromatic nitrogens is 4. The highest BCUT2D eigenvalue weighted by Gasteiger charge is 2.09. The molecular formula is C18H14ClN5O. The quantitative estimate of drug-likeness (QED) is 0.591. The molecule has 0 saturated heterocycles. The minimum Gasteiger partial charge on any atom is -0.379 e. The Morgan fingerprint density at radius 1 is 1.04 bits per heavy atom. The van der Waals surface area contributed by atoms with Crippen LogP contribution in [0.5, 0.6) is 0 Å². The molecule has 0 amide bonds. The predicted molar refractivity (Wildman–Crippen MR) is 97.8 cm³/mol. The first-order valence-corrected chi connectivity index (χ1v) is 8.10. The maximum atomic E-state index is 12.3. The van der Waals surface area contributed by atoms with Crippen molar-refractivity contribution >= 4 is 23.1 Å². The van der Waals surface area contributed by atoms with E-state index in [0.29, 0.717) is 28.9 Å². The second-order valence-corrected chi connectivity index (χ2v) is 5.96. The van der Waals surface area contributed by atoms with Crippen LogP contribution in [0.25, 0.3) is 17.2 Å². The second-order valence-electron chi connectivity index (χ2n) is 5.52. The molecule has 0 unspecified atom stereocenters. The minimum absolute atomic E-state index is 0.206. The van der Waals surface area contributed by atoms with E-state index in [1.54, 1.807) is 6.07 Å². The van der Waals surface area contributed by atoms with Gasteiger partial charge in [-0.25, -0.2) is 4.98 Å². The Morgan fingerprint density at radius 3 is 2.68 bits per heavy atom. The zero-order valence-corrected chi connectivity index (χ0v) is 13.9. The van der Waals surface area contributed by atoms with E-state index in [9.17, 15) is 4.79 Å². The summed E-state index contributed by atoms with van der Waals surface area (Å²) in [4.78, 5) is 21.2. The Bertz CT molecular complexity index is 1090. The third-order valence-corrected chi connectivity index (χ3v) is 3.96. The summed E-state index contributed by atoms with van der Waals surface area (Å²) in [6, 6.07) is 18.5. The predicted octanol–water partition coefficient (Wildman–Crippen LogP) is 3.35. The Kier molecular flexibility index (Phi) is 3.95. The van der Waals surface area contributed by atoms with Gasteiger partial charge >= 0.3 is 0 Å². The fourth-order valence-electron chi connectivity index (χ4n) is 2.53. The van der Waals surface area contributed by atoms with Crippen molar-refractivity contribution in [3.63, 3.8) is 0 Å². The molecule has 0 spiro atoms. The van der Waals surface area contributed by atoms with Gasteiger partial charge in [-0.2, -0.15) is 9.50 Å². The van der Waals surface area contributed by atoms with Gasteiger partial charge in [0.25, 0.3) is 11.3 Å². The summed E-state index contributed by atoms with van der Waals surface area (Å²) in [5, 5.41) is 6.83. The molecule has 2 N–H and O–H groups in total. The first-order chi connectivity index (χ1) is 12.2. The van der Waals surface area contributed by atoms with Gasteiger partial charge < -0.3 is 5.32 Å². The number of halogens is 1. The second kappa shape index (κ2) is 6.41. The number of rotatable bonds is 4.